The lowest BCUT2D eigenvalue weighted by Gasteiger charge is -2.30. The molecular weight excluding hydrogens is 761 g/mol. The van der Waals surface area contributed by atoms with Gasteiger partial charge in [-0.05, 0) is 97.5 Å². The average Bonchev–Trinajstić information content (AvgIpc) is 4.10. The van der Waals surface area contributed by atoms with Gasteiger partial charge in [0.15, 0.2) is 0 Å². The quantitative estimate of drug-likeness (QED) is 0.126. The maximum atomic E-state index is 13.8. The van der Waals surface area contributed by atoms with Gasteiger partial charge in [-0.1, -0.05) is 70.9 Å². The van der Waals surface area contributed by atoms with E-state index >= 15 is 0 Å². The number of benzene rings is 1. The van der Waals surface area contributed by atoms with Gasteiger partial charge in [-0.15, -0.1) is 0 Å². The zero-order valence-corrected chi connectivity index (χ0v) is 36.1. The number of nitrogens with zero attached hydrogens (tertiary/aromatic N) is 4. The lowest BCUT2D eigenvalue weighted by atomic mass is 9.74. The van der Waals surface area contributed by atoms with Crippen LogP contribution in [0.4, 0.5) is 9.59 Å². The predicted octanol–water partition coefficient (Wildman–Crippen LogP) is 7.84. The van der Waals surface area contributed by atoms with E-state index in [0.717, 1.165) is 91.7 Å². The molecule has 0 radical (unpaired) electrons. The maximum Gasteiger partial charge on any atom is 0.407 e. The van der Waals surface area contributed by atoms with E-state index in [2.05, 4.69) is 51.5 Å². The van der Waals surface area contributed by atoms with E-state index in [1.54, 1.807) is 0 Å². The molecule has 4 unspecified atom stereocenters. The number of likely N-dealkylation sites (tertiary alicyclic amines) is 2. The Balaban J connectivity index is 1.16. The molecule has 4 N–H and O–H groups in total. The summed E-state index contributed by atoms with van der Waals surface area (Å²) in [6.45, 7) is 13.0. The third-order valence-electron chi connectivity index (χ3n) is 13.3. The van der Waals surface area contributed by atoms with Crippen LogP contribution < -0.4 is 10.6 Å². The van der Waals surface area contributed by atoms with Crippen LogP contribution in [0.15, 0.2) is 54.3 Å². The lowest BCUT2D eigenvalue weighted by Crippen LogP contribution is -2.51. The van der Waals surface area contributed by atoms with Gasteiger partial charge in [0.25, 0.3) is 0 Å². The molecule has 14 heteroatoms. The van der Waals surface area contributed by atoms with E-state index < -0.39 is 24.3 Å². The second kappa shape index (κ2) is 18.1. The number of rotatable bonds is 13. The molecule has 322 valence electrons. The van der Waals surface area contributed by atoms with Gasteiger partial charge in [-0.3, -0.25) is 9.59 Å². The first-order valence-corrected chi connectivity index (χ1v) is 21.8. The smallest absolute Gasteiger partial charge is 0.407 e. The lowest BCUT2D eigenvalue weighted by molar-refractivity contribution is -0.136. The van der Waals surface area contributed by atoms with Gasteiger partial charge in [0.05, 0.1) is 37.3 Å². The highest BCUT2D eigenvalue weighted by molar-refractivity contribution is 5.89. The van der Waals surface area contributed by atoms with Crippen molar-refractivity contribution in [2.24, 2.45) is 17.3 Å². The number of imidazole rings is 2. The summed E-state index contributed by atoms with van der Waals surface area (Å²) in [5.41, 5.74) is 7.91. The van der Waals surface area contributed by atoms with E-state index in [9.17, 15) is 19.2 Å². The number of allylic oxidation sites excluding steroid dienone is 5. The van der Waals surface area contributed by atoms with E-state index in [-0.39, 0.29) is 41.1 Å². The summed E-state index contributed by atoms with van der Waals surface area (Å²) in [4.78, 5) is 72.6. The Morgan fingerprint density at radius 1 is 0.867 bits per heavy atom. The number of H-pyrrole nitrogens is 2. The molecule has 3 fully saturated rings. The van der Waals surface area contributed by atoms with Gasteiger partial charge >= 0.3 is 12.2 Å². The molecule has 4 amide bonds. The molecule has 4 aliphatic rings. The number of carbonyl (C=O) groups is 4. The van der Waals surface area contributed by atoms with Crippen molar-refractivity contribution in [1.29, 1.82) is 0 Å². The minimum atomic E-state index is -0.702. The van der Waals surface area contributed by atoms with Gasteiger partial charge < -0.3 is 39.9 Å². The number of amides is 4. The van der Waals surface area contributed by atoms with Crippen LogP contribution in [0.25, 0.3) is 16.6 Å². The van der Waals surface area contributed by atoms with Crippen molar-refractivity contribution >= 4 is 40.6 Å². The molecule has 2 saturated heterocycles. The van der Waals surface area contributed by atoms with Crippen molar-refractivity contribution in [2.75, 3.05) is 27.3 Å². The van der Waals surface area contributed by atoms with Crippen LogP contribution >= 0.6 is 0 Å². The summed E-state index contributed by atoms with van der Waals surface area (Å²) < 4.78 is 9.64. The molecule has 7 rings (SSSR count). The zero-order chi connectivity index (χ0) is 42.7. The predicted molar refractivity (Wildman–Crippen MR) is 229 cm³/mol. The minimum absolute atomic E-state index is 0.0875. The van der Waals surface area contributed by atoms with Gasteiger partial charge in [0.2, 0.25) is 11.8 Å². The third kappa shape index (κ3) is 8.47. The van der Waals surface area contributed by atoms with Crippen LogP contribution in [0.3, 0.4) is 0 Å². The fourth-order valence-electron chi connectivity index (χ4n) is 10.3. The molecule has 1 aromatic carbocycles. The Bertz CT molecular complexity index is 2160. The molecular formula is C46H62N8O6. The summed E-state index contributed by atoms with van der Waals surface area (Å²) in [7, 11) is 2.60. The summed E-state index contributed by atoms with van der Waals surface area (Å²) in [6, 6.07) is 4.58. The fourth-order valence-corrected chi connectivity index (χ4v) is 10.3. The van der Waals surface area contributed by atoms with Gasteiger partial charge in [0.1, 0.15) is 23.7 Å². The molecule has 60 heavy (non-hydrogen) atoms. The van der Waals surface area contributed by atoms with Crippen molar-refractivity contribution in [3.63, 3.8) is 0 Å². The van der Waals surface area contributed by atoms with Crippen LogP contribution in [-0.4, -0.2) is 93.1 Å². The van der Waals surface area contributed by atoms with Crippen LogP contribution in [-0.2, 0) is 25.5 Å². The van der Waals surface area contributed by atoms with Crippen molar-refractivity contribution in [3.8, 4) is 0 Å². The molecule has 3 aromatic rings. The molecule has 0 bridgehead atoms. The number of nitrogens with one attached hydrogen (secondary N) is 4. The van der Waals surface area contributed by atoms with Gasteiger partial charge in [0, 0.05) is 31.4 Å². The monoisotopic (exact) mass is 822 g/mol. The topological polar surface area (TPSA) is 175 Å². The summed E-state index contributed by atoms with van der Waals surface area (Å²) in [5, 5.41) is 5.47. The number of aromatic nitrogens is 4. The molecule has 2 aliphatic heterocycles. The molecule has 1 spiro atoms. The second-order valence-electron chi connectivity index (χ2n) is 17.7. The number of aromatic amines is 2. The number of fused-ring (bicyclic) bond motifs is 1. The fraction of sp³-hybridized carbons (Fsp3) is 0.565. The van der Waals surface area contributed by atoms with Crippen molar-refractivity contribution in [1.82, 2.24) is 40.4 Å². The number of hydrogen-bond acceptors (Lipinski definition) is 8. The Labute approximate surface area is 353 Å². The van der Waals surface area contributed by atoms with Crippen LogP contribution in [0.5, 0.6) is 0 Å². The maximum absolute atomic E-state index is 13.8. The highest BCUT2D eigenvalue weighted by Gasteiger charge is 2.45. The Morgan fingerprint density at radius 2 is 1.47 bits per heavy atom. The molecule has 1 saturated carbocycles. The number of hydrogen-bond donors (Lipinski definition) is 4. The van der Waals surface area contributed by atoms with Gasteiger partial charge in [-0.25, -0.2) is 19.6 Å². The first kappa shape index (κ1) is 42.7. The summed E-state index contributed by atoms with van der Waals surface area (Å²) >= 11 is 0. The largest absolute Gasteiger partial charge is 0.453 e. The first-order chi connectivity index (χ1) is 28.9. The van der Waals surface area contributed by atoms with Crippen molar-refractivity contribution in [2.45, 2.75) is 122 Å². The molecule has 4 heterocycles. The number of alkyl carbamates (subject to hydrolysis) is 2. The van der Waals surface area contributed by atoms with E-state index in [0.29, 0.717) is 13.1 Å². The van der Waals surface area contributed by atoms with Crippen molar-refractivity contribution < 1.29 is 28.7 Å². The second-order valence-corrected chi connectivity index (χ2v) is 17.7. The molecule has 2 aromatic heterocycles. The number of ether oxygens (including phenoxy) is 2. The normalized spacial score (nSPS) is 21.4. The minimum Gasteiger partial charge on any atom is -0.453 e. The highest BCUT2D eigenvalue weighted by Crippen LogP contribution is 2.58. The number of carbonyl (C=O) groups excluding carboxylic acids is 4. The average molecular weight is 823 g/mol. The van der Waals surface area contributed by atoms with Crippen LogP contribution in [0.2, 0.25) is 0 Å². The van der Waals surface area contributed by atoms with E-state index in [1.165, 1.54) is 43.8 Å². The Morgan fingerprint density at radius 3 is 2.03 bits per heavy atom. The van der Waals surface area contributed by atoms with Crippen LogP contribution in [0, 0.1) is 17.3 Å². The first-order valence-electron chi connectivity index (χ1n) is 21.8. The molecule has 4 atom stereocenters. The Kier molecular flexibility index (Phi) is 12.9. The Hall–Kier alpha value is -5.40. The van der Waals surface area contributed by atoms with Gasteiger partial charge in [-0.2, -0.15) is 0 Å². The summed E-state index contributed by atoms with van der Waals surface area (Å²) in [5.74, 6) is 1.03. The van der Waals surface area contributed by atoms with Crippen LogP contribution in [0.1, 0.15) is 127 Å². The van der Waals surface area contributed by atoms with Crippen molar-refractivity contribution in [3.05, 3.63) is 77.2 Å². The number of methoxy groups -OCH3 is 2. The van der Waals surface area contributed by atoms with E-state index in [1.807, 2.05) is 49.8 Å². The summed E-state index contributed by atoms with van der Waals surface area (Å²) in [6.07, 6.45) is 15.5. The van der Waals surface area contributed by atoms with E-state index in [4.69, 9.17) is 19.4 Å². The highest BCUT2D eigenvalue weighted by atomic mass is 16.5. The molecule has 2 aliphatic carbocycles. The zero-order valence-electron chi connectivity index (χ0n) is 36.1. The molecule has 14 nitrogen and oxygen atoms in total. The standard InChI is InChI=1S/C46H62N8O6/c1-8-13-32(29-16-17-33-34(25-29)50-41(49-33)36-15-12-23-54(36)43(56)39(28(4)5)52-45(58)60-7)37-30(18-21-46(37)19-9-10-20-46)24-31-26-47-40(48-31)35-14-11-22-53(35)42(55)38(27(2)3)51-44(57)59-6/h8,13,16-17,25-28,35-36,38-39H,1,9-12,14-15,18-24H2,2-7H3,(H,47,48)(H,49,50)(H,51,57)(H,52,58)/b32-13-. The third-order valence-corrected chi connectivity index (χ3v) is 13.3. The SMILES string of the molecule is C=C/C=C(\C1=C(Cc2cnc(C3CCCN3C(=O)C(NC(=O)OC)C(C)C)[nH]2)CCC12CCCC2)c1ccc2nc(C3CCCN3C(=O)C(NC(=O)OC)C(C)C)[nH]c2c1.